The molecule has 1 heterocycles. The van der Waals surface area contributed by atoms with Crippen LogP contribution in [0.4, 0.5) is 0 Å². The molecule has 1 aliphatic heterocycles. The van der Waals surface area contributed by atoms with Crippen LogP contribution in [0.1, 0.15) is 6.42 Å². The summed E-state index contributed by atoms with van der Waals surface area (Å²) in [4.78, 5) is 0. The fourth-order valence-electron chi connectivity index (χ4n) is 1.87. The molecule has 3 nitrogen and oxygen atoms in total. The van der Waals surface area contributed by atoms with Crippen LogP contribution in [-0.4, -0.2) is 25.8 Å². The summed E-state index contributed by atoms with van der Waals surface area (Å²) in [6.07, 6.45) is 2.80. The number of ether oxygens (including phenoxy) is 2. The van der Waals surface area contributed by atoms with E-state index in [4.69, 9.17) is 9.47 Å². The zero-order valence-electron chi connectivity index (χ0n) is 9.48. The van der Waals surface area contributed by atoms with Gasteiger partial charge < -0.3 is 14.8 Å². The fourth-order valence-corrected chi connectivity index (χ4v) is 1.87. The molecule has 0 amide bonds. The van der Waals surface area contributed by atoms with Crippen LogP contribution in [0.15, 0.2) is 36.9 Å². The Labute approximate surface area is 96.1 Å². The highest BCUT2D eigenvalue weighted by atomic mass is 16.6. The molecule has 1 N–H and O–H groups in total. The molecule has 0 saturated heterocycles. The van der Waals surface area contributed by atoms with Crippen molar-refractivity contribution in [3.63, 3.8) is 0 Å². The zero-order chi connectivity index (χ0) is 11.4. The molecular weight excluding hydrogens is 202 g/mol. The Morgan fingerprint density at radius 3 is 2.94 bits per heavy atom. The average Bonchev–Trinajstić information content (AvgIpc) is 2.35. The van der Waals surface area contributed by atoms with Crippen molar-refractivity contribution in [1.82, 2.24) is 5.32 Å². The first-order chi connectivity index (χ1) is 7.85. The predicted octanol–water partition coefficient (Wildman–Crippen LogP) is 1.99. The van der Waals surface area contributed by atoms with Gasteiger partial charge in [-0.2, -0.15) is 0 Å². The van der Waals surface area contributed by atoms with Crippen LogP contribution in [-0.2, 0) is 0 Å². The first kappa shape index (κ1) is 11.0. The van der Waals surface area contributed by atoms with Crippen LogP contribution < -0.4 is 14.8 Å². The second-order valence-electron chi connectivity index (χ2n) is 3.83. The second-order valence-corrected chi connectivity index (χ2v) is 3.83. The van der Waals surface area contributed by atoms with E-state index >= 15 is 0 Å². The average molecular weight is 219 g/mol. The number of para-hydroxylation sites is 2. The first-order valence-corrected chi connectivity index (χ1v) is 5.51. The third-order valence-corrected chi connectivity index (χ3v) is 2.77. The molecule has 0 aliphatic carbocycles. The normalized spacial score (nSPS) is 20.2. The Morgan fingerprint density at radius 2 is 2.25 bits per heavy atom. The maximum absolute atomic E-state index is 5.90. The van der Waals surface area contributed by atoms with Gasteiger partial charge in [-0.3, -0.25) is 0 Å². The topological polar surface area (TPSA) is 30.5 Å². The van der Waals surface area contributed by atoms with Gasteiger partial charge in [0.05, 0.1) is 6.04 Å². The van der Waals surface area contributed by atoms with Crippen LogP contribution >= 0.6 is 0 Å². The van der Waals surface area contributed by atoms with Crippen molar-refractivity contribution < 1.29 is 9.47 Å². The molecular formula is C13H17NO2. The van der Waals surface area contributed by atoms with Crippen LogP contribution in [0.3, 0.4) is 0 Å². The van der Waals surface area contributed by atoms with E-state index in [9.17, 15) is 0 Å². The van der Waals surface area contributed by atoms with Gasteiger partial charge in [0.2, 0.25) is 0 Å². The molecule has 0 saturated carbocycles. The summed E-state index contributed by atoms with van der Waals surface area (Å²) in [7, 11) is 1.93. The van der Waals surface area contributed by atoms with Crippen molar-refractivity contribution in [1.29, 1.82) is 0 Å². The van der Waals surface area contributed by atoms with E-state index < -0.39 is 0 Å². The van der Waals surface area contributed by atoms with Gasteiger partial charge in [-0.25, -0.2) is 0 Å². The zero-order valence-corrected chi connectivity index (χ0v) is 9.48. The number of likely N-dealkylation sites (N-methyl/N-ethyl adjacent to an activating group) is 1. The van der Waals surface area contributed by atoms with Gasteiger partial charge in [0.1, 0.15) is 12.7 Å². The number of hydrogen-bond acceptors (Lipinski definition) is 3. The number of hydrogen-bond donors (Lipinski definition) is 1. The van der Waals surface area contributed by atoms with E-state index in [1.165, 1.54) is 0 Å². The highest BCUT2D eigenvalue weighted by Gasteiger charge is 2.26. The number of nitrogens with one attached hydrogen (secondary N) is 1. The Bertz CT molecular complexity index is 365. The summed E-state index contributed by atoms with van der Waals surface area (Å²) in [5, 5.41) is 3.23. The van der Waals surface area contributed by atoms with Crippen molar-refractivity contribution >= 4 is 0 Å². The molecule has 2 atom stereocenters. The van der Waals surface area contributed by atoms with Gasteiger partial charge in [0.15, 0.2) is 11.5 Å². The van der Waals surface area contributed by atoms with E-state index in [1.54, 1.807) is 0 Å². The summed E-state index contributed by atoms with van der Waals surface area (Å²) in [6.45, 7) is 4.33. The van der Waals surface area contributed by atoms with E-state index in [0.29, 0.717) is 6.61 Å². The standard InChI is InChI=1S/C13H17NO2/c1-3-6-10(14-2)13-9-15-11-7-4-5-8-12(11)16-13/h3-5,7-8,10,13-14H,1,6,9H2,2H3. The highest BCUT2D eigenvalue weighted by Crippen LogP contribution is 2.31. The van der Waals surface area contributed by atoms with Gasteiger partial charge >= 0.3 is 0 Å². The third-order valence-electron chi connectivity index (χ3n) is 2.77. The molecule has 1 aromatic rings. The highest BCUT2D eigenvalue weighted by molar-refractivity contribution is 5.40. The van der Waals surface area contributed by atoms with Crippen molar-refractivity contribution in [2.75, 3.05) is 13.7 Å². The number of fused-ring (bicyclic) bond motifs is 1. The Balaban J connectivity index is 2.09. The Hall–Kier alpha value is -1.48. The third kappa shape index (κ3) is 2.19. The van der Waals surface area contributed by atoms with Crippen molar-refractivity contribution in [2.45, 2.75) is 18.6 Å². The van der Waals surface area contributed by atoms with Crippen molar-refractivity contribution in [2.24, 2.45) is 0 Å². The lowest BCUT2D eigenvalue weighted by Crippen LogP contribution is -2.46. The van der Waals surface area contributed by atoms with E-state index in [-0.39, 0.29) is 12.1 Å². The lowest BCUT2D eigenvalue weighted by molar-refractivity contribution is 0.0648. The lowest BCUT2D eigenvalue weighted by Gasteiger charge is -2.31. The molecule has 0 fully saturated rings. The Kier molecular flexibility index (Phi) is 3.47. The molecule has 2 rings (SSSR count). The van der Waals surface area contributed by atoms with Gasteiger partial charge in [-0.1, -0.05) is 18.2 Å². The SMILES string of the molecule is C=CCC(NC)C1COc2ccccc2O1. The summed E-state index contributed by atoms with van der Waals surface area (Å²) < 4.78 is 11.6. The summed E-state index contributed by atoms with van der Waals surface area (Å²) in [6, 6.07) is 8.00. The number of rotatable bonds is 4. The number of benzene rings is 1. The summed E-state index contributed by atoms with van der Waals surface area (Å²) in [5.41, 5.74) is 0. The minimum atomic E-state index is 0.0397. The van der Waals surface area contributed by atoms with Crippen LogP contribution in [0, 0.1) is 0 Å². The molecule has 16 heavy (non-hydrogen) atoms. The van der Waals surface area contributed by atoms with E-state index in [1.807, 2.05) is 37.4 Å². The van der Waals surface area contributed by atoms with Gasteiger partial charge in [-0.15, -0.1) is 6.58 Å². The molecule has 0 aromatic heterocycles. The maximum Gasteiger partial charge on any atom is 0.161 e. The molecule has 3 heteroatoms. The molecule has 1 aromatic carbocycles. The molecule has 2 unspecified atom stereocenters. The van der Waals surface area contributed by atoms with Crippen LogP contribution in [0.5, 0.6) is 11.5 Å². The fraction of sp³-hybridized carbons (Fsp3) is 0.385. The van der Waals surface area contributed by atoms with Crippen LogP contribution in [0.25, 0.3) is 0 Å². The maximum atomic E-state index is 5.90. The monoisotopic (exact) mass is 219 g/mol. The Morgan fingerprint density at radius 1 is 1.50 bits per heavy atom. The van der Waals surface area contributed by atoms with Gasteiger partial charge in [0, 0.05) is 0 Å². The molecule has 1 aliphatic rings. The van der Waals surface area contributed by atoms with E-state index in [2.05, 4.69) is 11.9 Å². The molecule has 0 radical (unpaired) electrons. The van der Waals surface area contributed by atoms with Gasteiger partial charge in [0.25, 0.3) is 0 Å². The summed E-state index contributed by atoms with van der Waals surface area (Å²) in [5.74, 6) is 1.65. The minimum Gasteiger partial charge on any atom is -0.486 e. The molecule has 0 bridgehead atoms. The van der Waals surface area contributed by atoms with E-state index in [0.717, 1.165) is 17.9 Å². The van der Waals surface area contributed by atoms with Crippen molar-refractivity contribution in [3.05, 3.63) is 36.9 Å². The molecule has 86 valence electrons. The van der Waals surface area contributed by atoms with Crippen molar-refractivity contribution in [3.8, 4) is 11.5 Å². The lowest BCUT2D eigenvalue weighted by atomic mass is 10.1. The molecule has 0 spiro atoms. The summed E-state index contributed by atoms with van der Waals surface area (Å²) >= 11 is 0. The minimum absolute atomic E-state index is 0.0397. The largest absolute Gasteiger partial charge is 0.486 e. The predicted molar refractivity (Wildman–Crippen MR) is 64.0 cm³/mol. The quantitative estimate of drug-likeness (QED) is 0.786. The van der Waals surface area contributed by atoms with Gasteiger partial charge in [-0.05, 0) is 25.6 Å². The first-order valence-electron chi connectivity index (χ1n) is 5.51. The smallest absolute Gasteiger partial charge is 0.161 e. The van der Waals surface area contributed by atoms with Crippen LogP contribution in [0.2, 0.25) is 0 Å². The second kappa shape index (κ2) is 5.03.